The highest BCUT2D eigenvalue weighted by molar-refractivity contribution is 8.01. The average Bonchev–Trinajstić information content (AvgIpc) is 3.25. The van der Waals surface area contributed by atoms with Crippen molar-refractivity contribution in [3.8, 4) is 5.75 Å². The van der Waals surface area contributed by atoms with Crippen molar-refractivity contribution in [2.24, 2.45) is 0 Å². The summed E-state index contributed by atoms with van der Waals surface area (Å²) >= 11 is 1.65. The lowest BCUT2D eigenvalue weighted by molar-refractivity contribution is -0.115. The summed E-state index contributed by atoms with van der Waals surface area (Å²) in [6, 6.07) is 16.0. The van der Waals surface area contributed by atoms with Crippen LogP contribution < -0.4 is 10.1 Å². The van der Waals surface area contributed by atoms with Crippen molar-refractivity contribution in [3.63, 3.8) is 0 Å². The summed E-state index contributed by atoms with van der Waals surface area (Å²) in [4.78, 5) is 13.7. The van der Waals surface area contributed by atoms with Crippen LogP contribution in [0.25, 0.3) is 0 Å². The minimum Gasteiger partial charge on any atom is -0.490 e. The van der Waals surface area contributed by atoms with Crippen LogP contribution in [0.4, 0.5) is 5.69 Å². The highest BCUT2D eigenvalue weighted by atomic mass is 32.2. The first-order valence-electron chi connectivity index (χ1n) is 8.60. The number of hydrogen-bond acceptors (Lipinski definition) is 3. The van der Waals surface area contributed by atoms with Crippen LogP contribution in [0.5, 0.6) is 5.75 Å². The van der Waals surface area contributed by atoms with Gasteiger partial charge in [0.15, 0.2) is 0 Å². The molecule has 1 saturated carbocycles. The van der Waals surface area contributed by atoms with E-state index in [4.69, 9.17) is 4.74 Å². The van der Waals surface area contributed by atoms with Crippen LogP contribution in [0, 0.1) is 0 Å². The van der Waals surface area contributed by atoms with E-state index in [0.29, 0.717) is 6.10 Å². The molecule has 2 aromatic carbocycles. The second kappa shape index (κ2) is 6.89. The molecule has 4 rings (SSSR count). The molecule has 4 heteroatoms. The van der Waals surface area contributed by atoms with Crippen LogP contribution in [0.3, 0.4) is 0 Å². The molecule has 24 heavy (non-hydrogen) atoms. The number of rotatable bonds is 4. The lowest BCUT2D eigenvalue weighted by atomic mass is 10.1. The molecule has 1 fully saturated rings. The summed E-state index contributed by atoms with van der Waals surface area (Å²) in [5.41, 5.74) is 2.10. The number of ether oxygens (including phenoxy) is 1. The van der Waals surface area contributed by atoms with E-state index in [9.17, 15) is 4.79 Å². The number of anilines is 1. The number of fused-ring (bicyclic) bond motifs is 1. The summed E-state index contributed by atoms with van der Waals surface area (Å²) < 4.78 is 5.96. The molecule has 1 atom stereocenters. The van der Waals surface area contributed by atoms with E-state index in [1.807, 2.05) is 36.4 Å². The van der Waals surface area contributed by atoms with Crippen LogP contribution in [-0.4, -0.2) is 17.3 Å². The zero-order valence-electron chi connectivity index (χ0n) is 13.5. The van der Waals surface area contributed by atoms with Gasteiger partial charge in [0.2, 0.25) is 5.91 Å². The molecule has 2 aliphatic rings. The maximum Gasteiger partial charge on any atom is 0.238 e. The molecule has 1 heterocycles. The van der Waals surface area contributed by atoms with E-state index in [0.717, 1.165) is 30.7 Å². The van der Waals surface area contributed by atoms with Crippen LogP contribution >= 0.6 is 11.8 Å². The lowest BCUT2D eigenvalue weighted by Gasteiger charge is -2.14. The largest absolute Gasteiger partial charge is 0.490 e. The second-order valence-corrected chi connectivity index (χ2v) is 7.70. The lowest BCUT2D eigenvalue weighted by Crippen LogP contribution is -2.24. The number of hydrogen-bond donors (Lipinski definition) is 1. The molecule has 0 saturated heterocycles. The van der Waals surface area contributed by atoms with Gasteiger partial charge in [0.25, 0.3) is 0 Å². The summed E-state index contributed by atoms with van der Waals surface area (Å²) in [6.45, 7) is 0. The van der Waals surface area contributed by atoms with Crippen LogP contribution in [0.1, 0.15) is 31.2 Å². The molecule has 3 nitrogen and oxygen atoms in total. The Labute approximate surface area is 146 Å². The predicted molar refractivity (Wildman–Crippen MR) is 97.7 cm³/mol. The molecule has 0 bridgehead atoms. The quantitative estimate of drug-likeness (QED) is 0.880. The van der Waals surface area contributed by atoms with E-state index in [-0.39, 0.29) is 11.2 Å². The minimum absolute atomic E-state index is 0.0446. The van der Waals surface area contributed by atoms with E-state index < -0.39 is 0 Å². The highest BCUT2D eigenvalue weighted by Crippen LogP contribution is 2.37. The third-order valence-corrected chi connectivity index (χ3v) is 5.98. The topological polar surface area (TPSA) is 38.3 Å². The maximum absolute atomic E-state index is 12.5. The van der Waals surface area contributed by atoms with Gasteiger partial charge < -0.3 is 10.1 Å². The van der Waals surface area contributed by atoms with Crippen molar-refractivity contribution in [1.82, 2.24) is 0 Å². The third kappa shape index (κ3) is 3.44. The fraction of sp³-hybridized carbons (Fsp3) is 0.350. The molecule has 0 spiro atoms. The Kier molecular flexibility index (Phi) is 4.48. The molecular formula is C20H21NO2S. The van der Waals surface area contributed by atoms with E-state index in [2.05, 4.69) is 17.4 Å². The number of nitrogens with one attached hydrogen (secondary N) is 1. The first-order chi connectivity index (χ1) is 11.8. The SMILES string of the molecule is O=C(Nc1ccc(OC2CCCC2)cc1)C1Cc2ccccc2S1. The standard InChI is InChI=1S/C20H21NO2S/c22-20(19-13-14-5-1-4-8-18(14)24-19)21-15-9-11-17(12-10-15)23-16-6-2-3-7-16/h1,4-5,8-12,16,19H,2-3,6-7,13H2,(H,21,22). The Hall–Kier alpha value is -1.94. The molecule has 124 valence electrons. The summed E-state index contributed by atoms with van der Waals surface area (Å²) in [5.74, 6) is 0.961. The van der Waals surface area contributed by atoms with Gasteiger partial charge in [0, 0.05) is 10.6 Å². The molecule has 2 aromatic rings. The molecule has 1 N–H and O–H groups in total. The van der Waals surface area contributed by atoms with Crippen molar-refractivity contribution >= 4 is 23.4 Å². The van der Waals surface area contributed by atoms with Crippen molar-refractivity contribution in [1.29, 1.82) is 0 Å². The maximum atomic E-state index is 12.5. The molecule has 1 aliphatic heterocycles. The molecule has 1 aliphatic carbocycles. The Balaban J connectivity index is 1.34. The number of amides is 1. The normalized spacial score (nSPS) is 19.9. The minimum atomic E-state index is -0.0446. The monoisotopic (exact) mass is 339 g/mol. The van der Waals surface area contributed by atoms with E-state index in [1.165, 1.54) is 23.3 Å². The Morgan fingerprint density at radius 3 is 2.54 bits per heavy atom. The third-order valence-electron chi connectivity index (χ3n) is 4.67. The van der Waals surface area contributed by atoms with Gasteiger partial charge in [-0.05, 0) is 68.0 Å². The van der Waals surface area contributed by atoms with Crippen molar-refractivity contribution in [3.05, 3.63) is 54.1 Å². The summed E-state index contributed by atoms with van der Waals surface area (Å²) in [7, 11) is 0. The van der Waals surface area contributed by atoms with Gasteiger partial charge in [-0.2, -0.15) is 0 Å². The van der Waals surface area contributed by atoms with Gasteiger partial charge in [-0.15, -0.1) is 11.8 Å². The zero-order valence-corrected chi connectivity index (χ0v) is 14.4. The summed E-state index contributed by atoms with van der Waals surface area (Å²) in [5, 5.41) is 2.98. The highest BCUT2D eigenvalue weighted by Gasteiger charge is 2.28. The molecule has 0 aromatic heterocycles. The molecule has 0 radical (unpaired) electrons. The molecule has 1 amide bonds. The van der Waals surface area contributed by atoms with Gasteiger partial charge in [0.05, 0.1) is 11.4 Å². The fourth-order valence-corrected chi connectivity index (χ4v) is 4.56. The number of benzene rings is 2. The van der Waals surface area contributed by atoms with Crippen molar-refractivity contribution in [2.45, 2.75) is 48.4 Å². The van der Waals surface area contributed by atoms with Gasteiger partial charge in [0.1, 0.15) is 5.75 Å². The fourth-order valence-electron chi connectivity index (χ4n) is 3.37. The molecule has 1 unspecified atom stereocenters. The van der Waals surface area contributed by atoms with Crippen LogP contribution in [-0.2, 0) is 11.2 Å². The first-order valence-corrected chi connectivity index (χ1v) is 9.48. The van der Waals surface area contributed by atoms with Gasteiger partial charge in [-0.1, -0.05) is 18.2 Å². The number of carbonyl (C=O) groups excluding carboxylic acids is 1. The van der Waals surface area contributed by atoms with Crippen molar-refractivity contribution in [2.75, 3.05) is 5.32 Å². The zero-order chi connectivity index (χ0) is 16.4. The Bertz CT molecular complexity index is 698. The average molecular weight is 339 g/mol. The Morgan fingerprint density at radius 1 is 1.04 bits per heavy atom. The number of carbonyl (C=O) groups is 1. The van der Waals surface area contributed by atoms with Gasteiger partial charge >= 0.3 is 0 Å². The molecular weight excluding hydrogens is 318 g/mol. The van der Waals surface area contributed by atoms with Gasteiger partial charge in [-0.25, -0.2) is 0 Å². The number of thioether (sulfide) groups is 1. The van der Waals surface area contributed by atoms with Gasteiger partial charge in [-0.3, -0.25) is 4.79 Å². The first kappa shape index (κ1) is 15.6. The van der Waals surface area contributed by atoms with E-state index >= 15 is 0 Å². The van der Waals surface area contributed by atoms with Crippen LogP contribution in [0.2, 0.25) is 0 Å². The smallest absolute Gasteiger partial charge is 0.238 e. The van der Waals surface area contributed by atoms with Crippen molar-refractivity contribution < 1.29 is 9.53 Å². The van der Waals surface area contributed by atoms with Crippen LogP contribution in [0.15, 0.2) is 53.4 Å². The Morgan fingerprint density at radius 2 is 1.79 bits per heavy atom. The second-order valence-electron chi connectivity index (χ2n) is 6.46. The predicted octanol–water partition coefficient (Wildman–Crippen LogP) is 4.66. The summed E-state index contributed by atoms with van der Waals surface area (Å²) in [6.07, 6.45) is 5.99. The van der Waals surface area contributed by atoms with E-state index in [1.54, 1.807) is 11.8 Å².